The van der Waals surface area contributed by atoms with E-state index in [0.29, 0.717) is 5.92 Å². The van der Waals surface area contributed by atoms with Crippen LogP contribution < -0.4 is 5.32 Å². The molecule has 20 heavy (non-hydrogen) atoms. The summed E-state index contributed by atoms with van der Waals surface area (Å²) in [5.41, 5.74) is 1.28. The Balaban J connectivity index is 1.91. The second-order valence-corrected chi connectivity index (χ2v) is 6.49. The summed E-state index contributed by atoms with van der Waals surface area (Å²) in [7, 11) is 0. The van der Waals surface area contributed by atoms with Gasteiger partial charge in [0.1, 0.15) is 0 Å². The minimum absolute atomic E-state index is 0.285. The van der Waals surface area contributed by atoms with Gasteiger partial charge in [0, 0.05) is 24.2 Å². The summed E-state index contributed by atoms with van der Waals surface area (Å²) >= 11 is 1.73. The molecule has 2 aromatic rings. The van der Waals surface area contributed by atoms with Gasteiger partial charge in [0.25, 0.3) is 0 Å². The first-order valence-corrected chi connectivity index (χ1v) is 7.82. The molecule has 0 saturated heterocycles. The van der Waals surface area contributed by atoms with E-state index in [0.717, 1.165) is 24.5 Å². The molecular weight excluding hydrogens is 268 g/mol. The van der Waals surface area contributed by atoms with Crippen molar-refractivity contribution >= 4 is 11.3 Å². The number of nitrogens with one attached hydrogen (secondary N) is 1. The monoisotopic (exact) mass is 290 g/mol. The number of aliphatic hydroxyl groups is 1. The molecule has 1 heterocycles. The maximum Gasteiger partial charge on any atom is 0.0897 e. The van der Waals surface area contributed by atoms with Crippen LogP contribution in [0.2, 0.25) is 0 Å². The van der Waals surface area contributed by atoms with Gasteiger partial charge in [-0.15, -0.1) is 11.3 Å². The van der Waals surface area contributed by atoms with Gasteiger partial charge >= 0.3 is 0 Å². The second-order valence-electron chi connectivity index (χ2n) is 5.17. The molecule has 0 aliphatic heterocycles. The first-order valence-electron chi connectivity index (χ1n) is 7.00. The highest BCUT2D eigenvalue weighted by molar-refractivity contribution is 7.11. The third kappa shape index (κ3) is 4.71. The normalized spacial score (nSPS) is 14.2. The molecule has 0 spiro atoms. The number of benzene rings is 1. The number of nitrogens with zero attached hydrogens (tertiary/aromatic N) is 1. The summed E-state index contributed by atoms with van der Waals surface area (Å²) in [6.45, 7) is 5.58. The first-order chi connectivity index (χ1) is 9.65. The van der Waals surface area contributed by atoms with Crippen molar-refractivity contribution in [2.45, 2.75) is 38.8 Å². The molecule has 1 aromatic heterocycles. The van der Waals surface area contributed by atoms with Crippen molar-refractivity contribution in [1.82, 2.24) is 10.3 Å². The number of hydrogen-bond donors (Lipinski definition) is 2. The Labute approximate surface area is 124 Å². The van der Waals surface area contributed by atoms with Crippen molar-refractivity contribution in [3.63, 3.8) is 0 Å². The van der Waals surface area contributed by atoms with Crippen molar-refractivity contribution in [3.05, 3.63) is 52.0 Å². The molecule has 4 heteroatoms. The molecule has 0 fully saturated rings. The van der Waals surface area contributed by atoms with E-state index < -0.39 is 0 Å². The largest absolute Gasteiger partial charge is 0.393 e. The molecule has 0 aliphatic carbocycles. The van der Waals surface area contributed by atoms with Gasteiger partial charge in [0.15, 0.2) is 0 Å². The summed E-state index contributed by atoms with van der Waals surface area (Å²) < 4.78 is 0. The fraction of sp³-hybridized carbons (Fsp3) is 0.438. The maximum atomic E-state index is 9.67. The number of aromatic nitrogens is 1. The van der Waals surface area contributed by atoms with Gasteiger partial charge in [-0.1, -0.05) is 30.3 Å². The summed E-state index contributed by atoms with van der Waals surface area (Å²) in [6.07, 6.45) is 2.42. The lowest BCUT2D eigenvalue weighted by Crippen LogP contribution is -2.23. The predicted molar refractivity (Wildman–Crippen MR) is 84.0 cm³/mol. The molecule has 0 aliphatic rings. The lowest BCUT2D eigenvalue weighted by molar-refractivity contribution is 0.173. The van der Waals surface area contributed by atoms with Crippen LogP contribution in [0.25, 0.3) is 0 Å². The van der Waals surface area contributed by atoms with Crippen LogP contribution in [0, 0.1) is 6.92 Å². The third-order valence-corrected chi connectivity index (χ3v) is 4.17. The smallest absolute Gasteiger partial charge is 0.0897 e. The zero-order chi connectivity index (χ0) is 14.4. The summed E-state index contributed by atoms with van der Waals surface area (Å²) in [4.78, 5) is 5.52. The molecule has 0 bridgehead atoms. The molecule has 1 aromatic carbocycles. The average molecular weight is 290 g/mol. The number of aryl methyl sites for hydroxylation is 1. The van der Waals surface area contributed by atoms with Crippen LogP contribution in [-0.4, -0.2) is 22.7 Å². The van der Waals surface area contributed by atoms with E-state index in [2.05, 4.69) is 34.6 Å². The van der Waals surface area contributed by atoms with Crippen molar-refractivity contribution < 1.29 is 5.11 Å². The highest BCUT2D eigenvalue weighted by atomic mass is 32.1. The fourth-order valence-electron chi connectivity index (χ4n) is 2.33. The minimum Gasteiger partial charge on any atom is -0.393 e. The molecule has 0 saturated carbocycles. The van der Waals surface area contributed by atoms with Crippen LogP contribution >= 0.6 is 11.3 Å². The van der Waals surface area contributed by atoms with Gasteiger partial charge in [0.2, 0.25) is 0 Å². The Hall–Kier alpha value is -1.23. The van der Waals surface area contributed by atoms with Crippen molar-refractivity contribution in [3.8, 4) is 0 Å². The topological polar surface area (TPSA) is 45.2 Å². The number of aliphatic hydroxyl groups excluding tert-OH is 1. The van der Waals surface area contributed by atoms with Gasteiger partial charge in [-0.05, 0) is 31.7 Å². The van der Waals surface area contributed by atoms with E-state index >= 15 is 0 Å². The van der Waals surface area contributed by atoms with Crippen molar-refractivity contribution in [2.75, 3.05) is 6.54 Å². The Bertz CT molecular complexity index is 510. The molecule has 0 amide bonds. The molecule has 108 valence electrons. The van der Waals surface area contributed by atoms with Gasteiger partial charge in [-0.3, -0.25) is 0 Å². The van der Waals surface area contributed by atoms with E-state index in [-0.39, 0.29) is 6.10 Å². The zero-order valence-corrected chi connectivity index (χ0v) is 12.9. The lowest BCUT2D eigenvalue weighted by atomic mass is 9.93. The first kappa shape index (κ1) is 15.2. The van der Waals surface area contributed by atoms with Gasteiger partial charge in [-0.25, -0.2) is 4.98 Å². The van der Waals surface area contributed by atoms with E-state index in [1.54, 1.807) is 11.3 Å². The van der Waals surface area contributed by atoms with Gasteiger partial charge < -0.3 is 10.4 Å². The summed E-state index contributed by atoms with van der Waals surface area (Å²) in [5, 5.41) is 14.2. The van der Waals surface area contributed by atoms with E-state index in [1.807, 2.05) is 26.1 Å². The number of thiazole rings is 1. The highest BCUT2D eigenvalue weighted by Gasteiger charge is 2.13. The van der Waals surface area contributed by atoms with Gasteiger partial charge in [0.05, 0.1) is 11.1 Å². The van der Waals surface area contributed by atoms with Crippen LogP contribution in [0.15, 0.2) is 36.5 Å². The Kier molecular flexibility index (Phi) is 5.71. The Morgan fingerprint density at radius 2 is 2.05 bits per heavy atom. The second kappa shape index (κ2) is 7.53. The highest BCUT2D eigenvalue weighted by Crippen LogP contribution is 2.21. The zero-order valence-electron chi connectivity index (χ0n) is 12.0. The molecule has 2 unspecified atom stereocenters. The maximum absolute atomic E-state index is 9.67. The van der Waals surface area contributed by atoms with E-state index in [4.69, 9.17) is 0 Å². The standard InChI is InChI=1S/C16H22N2OS/c1-12(19)8-15(14-6-4-3-5-7-14)9-17-10-16-11-18-13(2)20-16/h3-7,11-12,15,17,19H,8-10H2,1-2H3. The quantitative estimate of drug-likeness (QED) is 0.823. The van der Waals surface area contributed by atoms with Crippen molar-refractivity contribution in [1.29, 1.82) is 0 Å². The van der Waals surface area contributed by atoms with Gasteiger partial charge in [-0.2, -0.15) is 0 Å². The Morgan fingerprint density at radius 3 is 2.65 bits per heavy atom. The predicted octanol–water partition coefficient (Wildman–Crippen LogP) is 3.10. The minimum atomic E-state index is -0.285. The molecule has 2 N–H and O–H groups in total. The summed E-state index contributed by atoms with van der Waals surface area (Å²) in [5.74, 6) is 0.338. The lowest BCUT2D eigenvalue weighted by Gasteiger charge is -2.19. The van der Waals surface area contributed by atoms with E-state index in [9.17, 15) is 5.11 Å². The van der Waals surface area contributed by atoms with Crippen LogP contribution in [0.4, 0.5) is 0 Å². The molecule has 2 atom stereocenters. The van der Waals surface area contributed by atoms with Crippen LogP contribution in [0.3, 0.4) is 0 Å². The molecular formula is C16H22N2OS. The Morgan fingerprint density at radius 1 is 1.30 bits per heavy atom. The summed E-state index contributed by atoms with van der Waals surface area (Å²) in [6, 6.07) is 10.4. The molecule has 0 radical (unpaired) electrons. The van der Waals surface area contributed by atoms with Crippen LogP contribution in [0.5, 0.6) is 0 Å². The van der Waals surface area contributed by atoms with E-state index in [1.165, 1.54) is 10.4 Å². The number of rotatable bonds is 7. The molecule has 2 rings (SSSR count). The van der Waals surface area contributed by atoms with Crippen molar-refractivity contribution in [2.24, 2.45) is 0 Å². The van der Waals surface area contributed by atoms with Crippen LogP contribution in [-0.2, 0) is 6.54 Å². The molecule has 3 nitrogen and oxygen atoms in total. The SMILES string of the molecule is Cc1ncc(CNCC(CC(C)O)c2ccccc2)s1. The average Bonchev–Trinajstić information content (AvgIpc) is 2.84. The number of hydrogen-bond acceptors (Lipinski definition) is 4. The fourth-order valence-corrected chi connectivity index (χ4v) is 3.10. The van der Waals surface area contributed by atoms with Crippen LogP contribution in [0.1, 0.15) is 34.7 Å². The third-order valence-electron chi connectivity index (χ3n) is 3.26.